The van der Waals surface area contributed by atoms with Gasteiger partial charge in [0.05, 0.1) is 22.6 Å². The van der Waals surface area contributed by atoms with Crippen LogP contribution in [0.5, 0.6) is 5.75 Å². The van der Waals surface area contributed by atoms with Gasteiger partial charge in [0.2, 0.25) is 5.91 Å². The highest BCUT2D eigenvalue weighted by Gasteiger charge is 2.48. The van der Waals surface area contributed by atoms with E-state index in [0.29, 0.717) is 18.4 Å². The molecule has 3 rings (SSSR count). The Bertz CT molecular complexity index is 1200. The molecule has 2 aromatic rings. The molecule has 12 heteroatoms. The zero-order valence-electron chi connectivity index (χ0n) is 17.6. The highest BCUT2D eigenvalue weighted by molar-refractivity contribution is 7.90. The van der Waals surface area contributed by atoms with E-state index in [9.17, 15) is 36.8 Å². The normalized spacial score (nSPS) is 16.8. The molecule has 0 unspecified atom stereocenters. The average molecular weight is 516 g/mol. The summed E-state index contributed by atoms with van der Waals surface area (Å²) in [7, 11) is -4.05. The molecule has 0 spiro atoms. The van der Waals surface area contributed by atoms with E-state index < -0.39 is 62.4 Å². The minimum atomic E-state index is -4.94. The predicted octanol–water partition coefficient (Wildman–Crippen LogP) is 3.39. The first-order valence-corrected chi connectivity index (χ1v) is 12.3. The second-order valence-corrected chi connectivity index (χ2v) is 10.6. The molecule has 34 heavy (non-hydrogen) atoms. The van der Waals surface area contributed by atoms with Gasteiger partial charge in [-0.2, -0.15) is 18.4 Å². The Balaban J connectivity index is 1.91. The summed E-state index contributed by atoms with van der Waals surface area (Å²) in [6.07, 6.45) is -4.31. The van der Waals surface area contributed by atoms with Crippen molar-refractivity contribution in [1.29, 1.82) is 5.26 Å². The van der Waals surface area contributed by atoms with E-state index in [1.54, 1.807) is 30.3 Å². The van der Waals surface area contributed by atoms with Gasteiger partial charge in [-0.15, -0.1) is 0 Å². The molecule has 7 nitrogen and oxygen atoms in total. The molecule has 2 atom stereocenters. The van der Waals surface area contributed by atoms with Crippen LogP contribution in [0.2, 0.25) is 5.02 Å². The van der Waals surface area contributed by atoms with Gasteiger partial charge in [-0.3, -0.25) is 10.1 Å². The molecule has 0 radical (unpaired) electrons. The van der Waals surface area contributed by atoms with Gasteiger partial charge >= 0.3 is 6.18 Å². The summed E-state index contributed by atoms with van der Waals surface area (Å²) in [6, 6.07) is 8.43. The third-order valence-corrected chi connectivity index (χ3v) is 7.21. The van der Waals surface area contributed by atoms with Crippen LogP contribution in [0.15, 0.2) is 48.5 Å². The lowest BCUT2D eigenvalue weighted by Gasteiger charge is -2.28. The molecule has 0 aromatic heterocycles. The van der Waals surface area contributed by atoms with Gasteiger partial charge in [0.1, 0.15) is 23.4 Å². The fourth-order valence-electron chi connectivity index (χ4n) is 3.34. The van der Waals surface area contributed by atoms with Crippen molar-refractivity contribution in [1.82, 2.24) is 10.6 Å². The summed E-state index contributed by atoms with van der Waals surface area (Å²) in [5.41, 5.74) is -1.22. The van der Waals surface area contributed by atoms with Crippen molar-refractivity contribution in [3.63, 3.8) is 0 Å². The number of hydrogen-bond acceptors (Lipinski definition) is 6. The molecule has 0 aliphatic heterocycles. The molecule has 3 N–H and O–H groups in total. The third kappa shape index (κ3) is 6.62. The number of phenols is 1. The smallest absolute Gasteiger partial charge is 0.407 e. The summed E-state index contributed by atoms with van der Waals surface area (Å²) in [4.78, 5) is 12.9. The number of sulfone groups is 1. The summed E-state index contributed by atoms with van der Waals surface area (Å²) in [6.45, 7) is 0. The Kier molecular flexibility index (Phi) is 7.45. The summed E-state index contributed by atoms with van der Waals surface area (Å²) in [5.74, 6) is -2.89. The number of aromatic hydroxyl groups is 1. The number of phenolic OH excluding ortho intramolecular Hbond substituents is 1. The van der Waals surface area contributed by atoms with E-state index in [4.69, 9.17) is 11.6 Å². The molecule has 1 fully saturated rings. The van der Waals surface area contributed by atoms with E-state index in [2.05, 4.69) is 10.6 Å². The number of alkyl halides is 3. The number of nitrogens with one attached hydrogen (secondary N) is 2. The fourth-order valence-corrected chi connectivity index (χ4v) is 5.10. The number of nitrogens with zero attached hydrogens (tertiary/aromatic N) is 1. The van der Waals surface area contributed by atoms with Gasteiger partial charge in [0.15, 0.2) is 9.84 Å². The number of carbonyl (C=O) groups excluding carboxylic acids is 1. The maximum absolute atomic E-state index is 14.0. The first kappa shape index (κ1) is 25.8. The lowest BCUT2D eigenvalue weighted by atomic mass is 10.0. The minimum Gasteiger partial charge on any atom is -0.506 e. The van der Waals surface area contributed by atoms with Crippen LogP contribution >= 0.6 is 11.6 Å². The molecule has 0 heterocycles. The lowest BCUT2D eigenvalue weighted by Crippen LogP contribution is -2.54. The van der Waals surface area contributed by atoms with Gasteiger partial charge in [-0.1, -0.05) is 48.0 Å². The van der Waals surface area contributed by atoms with Crippen molar-refractivity contribution in [3.8, 4) is 11.8 Å². The first-order chi connectivity index (χ1) is 15.8. The Morgan fingerprint density at radius 1 is 1.21 bits per heavy atom. The van der Waals surface area contributed by atoms with Gasteiger partial charge in [-0.25, -0.2) is 8.42 Å². The van der Waals surface area contributed by atoms with Crippen LogP contribution in [0.3, 0.4) is 0 Å². The lowest BCUT2D eigenvalue weighted by molar-refractivity contribution is -0.160. The van der Waals surface area contributed by atoms with Gasteiger partial charge < -0.3 is 10.4 Å². The predicted molar refractivity (Wildman–Crippen MR) is 118 cm³/mol. The number of amides is 1. The molecular formula is C22H21ClF3N3O4S. The van der Waals surface area contributed by atoms with E-state index in [0.717, 1.165) is 18.2 Å². The average Bonchev–Trinajstić information content (AvgIpc) is 3.52. The van der Waals surface area contributed by atoms with Crippen LogP contribution in [0.25, 0.3) is 0 Å². The third-order valence-electron chi connectivity index (χ3n) is 5.29. The van der Waals surface area contributed by atoms with Crippen LogP contribution in [-0.4, -0.2) is 42.9 Å². The molecule has 2 aromatic carbocycles. The molecule has 0 bridgehead atoms. The SMILES string of the molecule is N#CC1(NC(=O)[C@H](CS(=O)(=O)Cc2ccccc2)N[C@H](c2ccc(O)c(Cl)c2)C(F)(F)F)CC1. The van der Waals surface area contributed by atoms with Crippen LogP contribution in [0.1, 0.15) is 30.0 Å². The Morgan fingerprint density at radius 3 is 2.38 bits per heavy atom. The van der Waals surface area contributed by atoms with Crippen molar-refractivity contribution >= 4 is 27.3 Å². The molecule has 0 saturated heterocycles. The van der Waals surface area contributed by atoms with E-state index in [1.165, 1.54) is 0 Å². The van der Waals surface area contributed by atoms with E-state index in [1.807, 2.05) is 6.07 Å². The topological polar surface area (TPSA) is 119 Å². The zero-order valence-corrected chi connectivity index (χ0v) is 19.2. The zero-order chi connectivity index (χ0) is 25.1. The van der Waals surface area contributed by atoms with Crippen molar-refractivity contribution in [2.24, 2.45) is 0 Å². The number of halogens is 4. The fraction of sp³-hybridized carbons (Fsp3) is 0.364. The quantitative estimate of drug-likeness (QED) is 0.471. The standard InChI is InChI=1S/C22H21ClF3N3O4S/c23-16-10-15(6-7-18(16)30)19(22(24,25)26)28-17(20(31)29-21(13-27)8-9-21)12-34(32,33)11-14-4-2-1-3-5-14/h1-7,10,17,19,28,30H,8-9,11-12H2,(H,29,31)/t17-,19+/m0/s1. The summed E-state index contributed by atoms with van der Waals surface area (Å²) >= 11 is 5.76. The van der Waals surface area contributed by atoms with E-state index in [-0.39, 0.29) is 5.02 Å². The van der Waals surface area contributed by atoms with Crippen LogP contribution < -0.4 is 10.6 Å². The maximum Gasteiger partial charge on any atom is 0.407 e. The highest BCUT2D eigenvalue weighted by atomic mass is 35.5. The van der Waals surface area contributed by atoms with Crippen molar-refractivity contribution in [3.05, 3.63) is 64.7 Å². The number of hydrogen-bond donors (Lipinski definition) is 3. The molecule has 1 saturated carbocycles. The Morgan fingerprint density at radius 2 is 1.85 bits per heavy atom. The van der Waals surface area contributed by atoms with Crippen LogP contribution in [-0.2, 0) is 20.4 Å². The van der Waals surface area contributed by atoms with Crippen molar-refractivity contribution < 1.29 is 31.5 Å². The van der Waals surface area contributed by atoms with Crippen molar-refractivity contribution in [2.45, 2.75) is 42.4 Å². The summed E-state index contributed by atoms with van der Waals surface area (Å²) in [5, 5.41) is 22.9. The minimum absolute atomic E-state index is 0.314. The van der Waals surface area contributed by atoms with Gasteiger partial charge in [0, 0.05) is 0 Å². The van der Waals surface area contributed by atoms with Crippen LogP contribution in [0, 0.1) is 11.3 Å². The van der Waals surface area contributed by atoms with Gasteiger partial charge in [-0.05, 0) is 36.1 Å². The van der Waals surface area contributed by atoms with Gasteiger partial charge in [0.25, 0.3) is 0 Å². The summed E-state index contributed by atoms with van der Waals surface area (Å²) < 4.78 is 67.5. The van der Waals surface area contributed by atoms with E-state index >= 15 is 0 Å². The monoisotopic (exact) mass is 515 g/mol. The highest BCUT2D eigenvalue weighted by Crippen LogP contribution is 2.37. The van der Waals surface area contributed by atoms with Crippen molar-refractivity contribution in [2.75, 3.05) is 5.75 Å². The maximum atomic E-state index is 14.0. The Labute approximate surface area is 199 Å². The number of carbonyl (C=O) groups is 1. The molecule has 1 aliphatic carbocycles. The molecule has 1 amide bonds. The first-order valence-electron chi connectivity index (χ1n) is 10.1. The molecular weight excluding hydrogens is 495 g/mol. The number of nitriles is 1. The molecule has 182 valence electrons. The van der Waals surface area contributed by atoms with Crippen LogP contribution in [0.4, 0.5) is 13.2 Å². The molecule has 1 aliphatic rings. The Hall–Kier alpha value is -2.81. The second-order valence-electron chi connectivity index (χ2n) is 8.13. The largest absolute Gasteiger partial charge is 0.506 e. The number of rotatable bonds is 9. The number of benzene rings is 2. The second kappa shape index (κ2) is 9.82.